The van der Waals surface area contributed by atoms with Gasteiger partial charge < -0.3 is 10.1 Å². The number of rotatable bonds is 9. The normalized spacial score (nSPS) is 16.6. The molecule has 1 aliphatic rings. The van der Waals surface area contributed by atoms with Gasteiger partial charge in [-0.25, -0.2) is 0 Å². The van der Waals surface area contributed by atoms with Crippen molar-refractivity contribution in [1.82, 2.24) is 10.2 Å². The number of hydrogen-bond acceptors (Lipinski definition) is 3. The fourth-order valence-electron chi connectivity index (χ4n) is 1.85. The van der Waals surface area contributed by atoms with Crippen molar-refractivity contribution in [3.63, 3.8) is 0 Å². The Kier molecular flexibility index (Phi) is 6.22. The quantitative estimate of drug-likeness (QED) is 0.586. The van der Waals surface area contributed by atoms with E-state index >= 15 is 0 Å². The molecule has 0 aliphatic heterocycles. The van der Waals surface area contributed by atoms with Crippen molar-refractivity contribution in [2.45, 2.75) is 32.7 Å². The maximum Gasteiger partial charge on any atom is 0.0587 e. The molecule has 1 fully saturated rings. The fourth-order valence-corrected chi connectivity index (χ4v) is 1.85. The van der Waals surface area contributed by atoms with Crippen molar-refractivity contribution in [2.24, 2.45) is 5.92 Å². The minimum Gasteiger partial charge on any atom is -0.383 e. The van der Waals surface area contributed by atoms with Crippen molar-refractivity contribution >= 4 is 0 Å². The molecule has 0 aromatic rings. The minimum absolute atomic E-state index is 0.782. The van der Waals surface area contributed by atoms with Gasteiger partial charge in [0, 0.05) is 39.3 Å². The van der Waals surface area contributed by atoms with Crippen LogP contribution < -0.4 is 5.32 Å². The zero-order valence-corrected chi connectivity index (χ0v) is 10.5. The van der Waals surface area contributed by atoms with E-state index < -0.39 is 0 Å². The summed E-state index contributed by atoms with van der Waals surface area (Å²) >= 11 is 0. The predicted octanol–water partition coefficient (Wildman–Crippen LogP) is 1.34. The third kappa shape index (κ3) is 6.13. The van der Waals surface area contributed by atoms with E-state index in [0.717, 1.165) is 31.7 Å². The lowest BCUT2D eigenvalue weighted by Crippen LogP contribution is -2.37. The van der Waals surface area contributed by atoms with Gasteiger partial charge in [0.05, 0.1) is 6.61 Å². The first kappa shape index (κ1) is 12.9. The van der Waals surface area contributed by atoms with Crippen LogP contribution in [0.25, 0.3) is 0 Å². The number of hydrogen-bond donors (Lipinski definition) is 1. The maximum absolute atomic E-state index is 5.00. The Balaban J connectivity index is 2.04. The first-order chi connectivity index (χ1) is 7.24. The lowest BCUT2D eigenvalue weighted by Gasteiger charge is -2.24. The van der Waals surface area contributed by atoms with E-state index in [0.29, 0.717) is 0 Å². The van der Waals surface area contributed by atoms with Gasteiger partial charge in [0.25, 0.3) is 0 Å². The predicted molar refractivity (Wildman–Crippen MR) is 64.2 cm³/mol. The Morgan fingerprint density at radius 1 is 1.33 bits per heavy atom. The number of nitrogens with zero attached hydrogens (tertiary/aromatic N) is 1. The zero-order valence-electron chi connectivity index (χ0n) is 10.5. The summed E-state index contributed by atoms with van der Waals surface area (Å²) in [5, 5.41) is 3.41. The summed E-state index contributed by atoms with van der Waals surface area (Å²) < 4.78 is 5.00. The first-order valence-corrected chi connectivity index (χ1v) is 6.17. The van der Waals surface area contributed by atoms with Crippen LogP contribution in [0.4, 0.5) is 0 Å². The highest BCUT2D eigenvalue weighted by atomic mass is 16.5. The van der Waals surface area contributed by atoms with Gasteiger partial charge in [-0.2, -0.15) is 0 Å². The molecule has 0 radical (unpaired) electrons. The van der Waals surface area contributed by atoms with Gasteiger partial charge in [-0.1, -0.05) is 13.8 Å². The summed E-state index contributed by atoms with van der Waals surface area (Å²) in [6.45, 7) is 9.90. The van der Waals surface area contributed by atoms with Crippen LogP contribution in [0.5, 0.6) is 0 Å². The average Bonchev–Trinajstić information content (AvgIpc) is 2.98. The molecule has 0 atom stereocenters. The molecule has 0 spiro atoms. The first-order valence-electron chi connectivity index (χ1n) is 6.17. The average molecular weight is 214 g/mol. The Morgan fingerprint density at radius 3 is 2.60 bits per heavy atom. The summed E-state index contributed by atoms with van der Waals surface area (Å²) in [5.41, 5.74) is 0. The van der Waals surface area contributed by atoms with Crippen LogP contribution in [0.1, 0.15) is 26.7 Å². The molecule has 0 unspecified atom stereocenters. The summed E-state index contributed by atoms with van der Waals surface area (Å²) in [5.74, 6) is 0.782. The highest BCUT2D eigenvalue weighted by Crippen LogP contribution is 2.26. The van der Waals surface area contributed by atoms with E-state index in [1.807, 2.05) is 0 Å². The second-order valence-electron chi connectivity index (χ2n) is 4.86. The van der Waals surface area contributed by atoms with E-state index in [9.17, 15) is 0 Å². The molecule has 1 saturated carbocycles. The van der Waals surface area contributed by atoms with Crippen LogP contribution in [0.3, 0.4) is 0 Å². The number of nitrogens with one attached hydrogen (secondary N) is 1. The van der Waals surface area contributed by atoms with Crippen molar-refractivity contribution in [2.75, 3.05) is 39.9 Å². The Hall–Kier alpha value is -0.120. The van der Waals surface area contributed by atoms with Crippen LogP contribution >= 0.6 is 0 Å². The third-order valence-corrected chi connectivity index (χ3v) is 2.72. The van der Waals surface area contributed by atoms with E-state index in [1.54, 1.807) is 7.11 Å². The van der Waals surface area contributed by atoms with Gasteiger partial charge in [-0.3, -0.25) is 4.90 Å². The van der Waals surface area contributed by atoms with Gasteiger partial charge in [0.2, 0.25) is 0 Å². The smallest absolute Gasteiger partial charge is 0.0587 e. The second-order valence-corrected chi connectivity index (χ2v) is 4.86. The molecule has 0 bridgehead atoms. The summed E-state index contributed by atoms with van der Waals surface area (Å²) in [6, 6.07) is 0.886. The topological polar surface area (TPSA) is 24.5 Å². The molecule has 15 heavy (non-hydrogen) atoms. The van der Waals surface area contributed by atoms with Crippen LogP contribution in [0.15, 0.2) is 0 Å². The molecule has 0 amide bonds. The Labute approximate surface area is 94.2 Å². The molecule has 1 aliphatic carbocycles. The second kappa shape index (κ2) is 7.20. The molecular weight excluding hydrogens is 188 g/mol. The van der Waals surface area contributed by atoms with Crippen LogP contribution in [-0.4, -0.2) is 50.8 Å². The lowest BCUT2D eigenvalue weighted by molar-refractivity contribution is 0.193. The highest BCUT2D eigenvalue weighted by Gasteiger charge is 2.28. The van der Waals surface area contributed by atoms with E-state index in [4.69, 9.17) is 4.74 Å². The molecular formula is C12H26N2O. The van der Waals surface area contributed by atoms with Crippen molar-refractivity contribution in [3.05, 3.63) is 0 Å². The molecule has 0 aromatic heterocycles. The van der Waals surface area contributed by atoms with Crippen LogP contribution in [0, 0.1) is 5.92 Å². The molecule has 1 rings (SSSR count). The monoisotopic (exact) mass is 214 g/mol. The number of ether oxygens (including phenoxy) is 1. The van der Waals surface area contributed by atoms with Crippen molar-refractivity contribution < 1.29 is 4.74 Å². The molecule has 0 saturated heterocycles. The molecule has 1 N–H and O–H groups in total. The molecule has 0 heterocycles. The number of methoxy groups -OCH3 is 1. The highest BCUT2D eigenvalue weighted by molar-refractivity contribution is 4.85. The van der Waals surface area contributed by atoms with Gasteiger partial charge in [0.1, 0.15) is 0 Å². The SMILES string of the molecule is COCCNCCN(CC(C)C)C1CC1. The maximum atomic E-state index is 5.00. The summed E-state index contributed by atoms with van der Waals surface area (Å²) in [6.07, 6.45) is 2.82. The zero-order chi connectivity index (χ0) is 11.1. The van der Waals surface area contributed by atoms with Crippen molar-refractivity contribution in [3.8, 4) is 0 Å². The minimum atomic E-state index is 0.782. The third-order valence-electron chi connectivity index (χ3n) is 2.72. The lowest BCUT2D eigenvalue weighted by atomic mass is 10.2. The van der Waals surface area contributed by atoms with Gasteiger partial charge >= 0.3 is 0 Å². The van der Waals surface area contributed by atoms with Crippen molar-refractivity contribution in [1.29, 1.82) is 0 Å². The molecule has 3 heteroatoms. The molecule has 0 aromatic carbocycles. The van der Waals surface area contributed by atoms with E-state index in [2.05, 4.69) is 24.1 Å². The Morgan fingerprint density at radius 2 is 2.07 bits per heavy atom. The standard InChI is InChI=1S/C12H26N2O/c1-11(2)10-14(12-4-5-12)8-6-13-7-9-15-3/h11-13H,4-10H2,1-3H3. The molecule has 3 nitrogen and oxygen atoms in total. The van der Waals surface area contributed by atoms with Gasteiger partial charge in [-0.15, -0.1) is 0 Å². The van der Waals surface area contributed by atoms with Crippen LogP contribution in [-0.2, 0) is 4.74 Å². The Bertz CT molecular complexity index is 158. The largest absolute Gasteiger partial charge is 0.383 e. The summed E-state index contributed by atoms with van der Waals surface area (Å²) in [4.78, 5) is 2.63. The summed E-state index contributed by atoms with van der Waals surface area (Å²) in [7, 11) is 1.75. The van der Waals surface area contributed by atoms with Gasteiger partial charge in [0.15, 0.2) is 0 Å². The molecule has 90 valence electrons. The van der Waals surface area contributed by atoms with Crippen LogP contribution in [0.2, 0.25) is 0 Å². The van der Waals surface area contributed by atoms with E-state index in [1.165, 1.54) is 25.9 Å². The van der Waals surface area contributed by atoms with E-state index in [-0.39, 0.29) is 0 Å². The fraction of sp³-hybridized carbons (Fsp3) is 1.00. The van der Waals surface area contributed by atoms with Gasteiger partial charge in [-0.05, 0) is 18.8 Å².